The van der Waals surface area contributed by atoms with Crippen LogP contribution in [0.15, 0.2) is 35.4 Å². The first-order valence-electron chi connectivity index (χ1n) is 11.6. The van der Waals surface area contributed by atoms with Gasteiger partial charge in [-0.15, -0.1) is 0 Å². The van der Waals surface area contributed by atoms with Crippen molar-refractivity contribution >= 4 is 30.9 Å². The fourth-order valence-electron chi connectivity index (χ4n) is 2.92. The molecule has 202 valence electrons. The highest BCUT2D eigenvalue weighted by molar-refractivity contribution is 7.53. The van der Waals surface area contributed by atoms with Crippen LogP contribution in [0.5, 0.6) is 0 Å². The Morgan fingerprint density at radius 3 is 2.62 bits per heavy atom. The van der Waals surface area contributed by atoms with Crippen LogP contribution in [0.4, 0.5) is 10.7 Å². The lowest BCUT2D eigenvalue weighted by Crippen LogP contribution is -2.21. The van der Waals surface area contributed by atoms with E-state index in [0.717, 1.165) is 11.1 Å². The quantitative estimate of drug-likeness (QED) is 0.141. The largest absolute Gasteiger partial charge is 0.510 e. The van der Waals surface area contributed by atoms with E-state index in [0.29, 0.717) is 5.65 Å². The molecule has 2 aromatic heterocycles. The third-order valence-corrected chi connectivity index (χ3v) is 6.93. The summed E-state index contributed by atoms with van der Waals surface area (Å²) in [6.45, 7) is 7.13. The van der Waals surface area contributed by atoms with Gasteiger partial charge in [0.15, 0.2) is 11.2 Å². The number of fused-ring (bicyclic) bond motifs is 1. The highest BCUT2D eigenvalue weighted by Gasteiger charge is 2.27. The van der Waals surface area contributed by atoms with Gasteiger partial charge < -0.3 is 29.0 Å². The van der Waals surface area contributed by atoms with Gasteiger partial charge in [0, 0.05) is 6.54 Å². The molecule has 0 saturated carbocycles. The molecular formula is C23H32N5O8P. The van der Waals surface area contributed by atoms with Crippen LogP contribution in [-0.4, -0.2) is 51.5 Å². The summed E-state index contributed by atoms with van der Waals surface area (Å²) in [5.74, 6) is 0.0623. The van der Waals surface area contributed by atoms with Crippen molar-refractivity contribution in [2.24, 2.45) is 5.92 Å². The molecule has 0 saturated heterocycles. The maximum absolute atomic E-state index is 13.3. The number of carbonyl (C=O) groups excluding carboxylic acids is 1. The predicted octanol–water partition coefficient (Wildman–Crippen LogP) is 3.57. The number of nitrogens with two attached hydrogens (primary N) is 1. The standard InChI is InChI=1S/C23H32N5O8P/c1-15(2)17(4)36-23(30)33-13-35-37(31,34-11-18-7-5-16(3)6-8-18)14-32-10-9-28-12-25-19-20(28)26-22(24)27-21(19)29/h5-8,12,15,17H,9-11,13-14H2,1-4H3,(H3,24,26,27,29). The number of aromatic amines is 1. The van der Waals surface area contributed by atoms with Gasteiger partial charge in [0.25, 0.3) is 5.56 Å². The van der Waals surface area contributed by atoms with Crippen LogP contribution in [0.2, 0.25) is 0 Å². The Morgan fingerprint density at radius 1 is 1.19 bits per heavy atom. The minimum Gasteiger partial charge on any atom is -0.431 e. The number of anilines is 1. The number of aryl methyl sites for hydroxylation is 1. The molecule has 37 heavy (non-hydrogen) atoms. The van der Waals surface area contributed by atoms with Gasteiger partial charge in [-0.05, 0) is 25.3 Å². The highest BCUT2D eigenvalue weighted by Crippen LogP contribution is 2.49. The maximum atomic E-state index is 13.3. The Morgan fingerprint density at radius 2 is 1.92 bits per heavy atom. The third-order valence-electron chi connectivity index (χ3n) is 5.41. The number of nitrogen functional groups attached to an aromatic ring is 1. The summed E-state index contributed by atoms with van der Waals surface area (Å²) in [5, 5.41) is 0. The van der Waals surface area contributed by atoms with E-state index in [1.807, 2.05) is 45.0 Å². The summed E-state index contributed by atoms with van der Waals surface area (Å²) in [5.41, 5.74) is 7.44. The molecule has 14 heteroatoms. The Balaban J connectivity index is 1.58. The minimum absolute atomic E-state index is 0.00607. The number of hydrogen-bond acceptors (Lipinski definition) is 11. The van der Waals surface area contributed by atoms with Crippen molar-refractivity contribution in [1.29, 1.82) is 0 Å². The Labute approximate surface area is 213 Å². The van der Waals surface area contributed by atoms with Crippen LogP contribution in [0.3, 0.4) is 0 Å². The number of H-pyrrole nitrogens is 1. The highest BCUT2D eigenvalue weighted by atomic mass is 31.2. The van der Waals surface area contributed by atoms with E-state index in [1.54, 1.807) is 11.5 Å². The summed E-state index contributed by atoms with van der Waals surface area (Å²) in [7, 11) is -3.85. The van der Waals surface area contributed by atoms with Crippen molar-refractivity contribution in [2.45, 2.75) is 47.0 Å². The van der Waals surface area contributed by atoms with Gasteiger partial charge in [0.05, 0.1) is 19.5 Å². The number of nitrogens with zero attached hydrogens (tertiary/aromatic N) is 3. The van der Waals surface area contributed by atoms with Gasteiger partial charge in [0.1, 0.15) is 12.5 Å². The lowest BCUT2D eigenvalue weighted by Gasteiger charge is -2.20. The van der Waals surface area contributed by atoms with Gasteiger partial charge in [-0.25, -0.2) is 9.78 Å². The summed E-state index contributed by atoms with van der Waals surface area (Å²) >= 11 is 0. The van der Waals surface area contributed by atoms with Crippen LogP contribution in [-0.2, 0) is 41.0 Å². The normalized spacial score (nSPS) is 14.0. The van der Waals surface area contributed by atoms with Crippen molar-refractivity contribution in [3.05, 3.63) is 52.1 Å². The molecule has 0 aliphatic carbocycles. The first-order valence-corrected chi connectivity index (χ1v) is 13.3. The molecule has 2 unspecified atom stereocenters. The molecule has 0 bridgehead atoms. The van der Waals surface area contributed by atoms with Gasteiger partial charge >= 0.3 is 13.8 Å². The van der Waals surface area contributed by atoms with Crippen molar-refractivity contribution in [2.75, 3.05) is 25.5 Å². The van der Waals surface area contributed by atoms with Crippen LogP contribution >= 0.6 is 7.60 Å². The second kappa shape index (κ2) is 12.8. The molecule has 2 atom stereocenters. The van der Waals surface area contributed by atoms with Crippen molar-refractivity contribution in [3.63, 3.8) is 0 Å². The molecule has 0 fully saturated rings. The number of benzene rings is 1. The number of ether oxygens (including phenoxy) is 3. The molecule has 3 N–H and O–H groups in total. The number of hydrogen-bond donors (Lipinski definition) is 2. The zero-order chi connectivity index (χ0) is 27.0. The van der Waals surface area contributed by atoms with Crippen LogP contribution in [0, 0.1) is 12.8 Å². The van der Waals surface area contributed by atoms with Gasteiger partial charge in [0.2, 0.25) is 12.7 Å². The van der Waals surface area contributed by atoms with Gasteiger partial charge in [-0.2, -0.15) is 4.98 Å². The zero-order valence-corrected chi connectivity index (χ0v) is 22.1. The summed E-state index contributed by atoms with van der Waals surface area (Å²) in [6, 6.07) is 7.48. The molecule has 3 rings (SSSR count). The first kappa shape index (κ1) is 28.3. The average molecular weight is 538 g/mol. The van der Waals surface area contributed by atoms with Gasteiger partial charge in [-0.1, -0.05) is 43.7 Å². The summed E-state index contributed by atoms with van der Waals surface area (Å²) < 4.78 is 41.4. The molecular weight excluding hydrogens is 505 g/mol. The first-order chi connectivity index (χ1) is 17.6. The fraction of sp³-hybridized carbons (Fsp3) is 0.478. The van der Waals surface area contributed by atoms with E-state index in [-0.39, 0.29) is 43.2 Å². The van der Waals surface area contributed by atoms with Crippen LogP contribution < -0.4 is 11.3 Å². The average Bonchev–Trinajstić information content (AvgIpc) is 3.24. The fourth-order valence-corrected chi connectivity index (χ4v) is 4.05. The topological polar surface area (TPSA) is 170 Å². The lowest BCUT2D eigenvalue weighted by atomic mass is 10.1. The van der Waals surface area contributed by atoms with Crippen LogP contribution in [0.25, 0.3) is 11.2 Å². The Kier molecular flexibility index (Phi) is 9.81. The molecule has 13 nitrogen and oxygen atoms in total. The van der Waals surface area contributed by atoms with Crippen molar-refractivity contribution in [3.8, 4) is 0 Å². The minimum atomic E-state index is -3.85. The van der Waals surface area contributed by atoms with Gasteiger partial charge in [-0.3, -0.25) is 18.9 Å². The Bertz CT molecular complexity index is 1290. The molecule has 3 aromatic rings. The van der Waals surface area contributed by atoms with E-state index >= 15 is 0 Å². The number of nitrogens with one attached hydrogen (secondary N) is 1. The molecule has 1 aromatic carbocycles. The molecule has 0 aliphatic heterocycles. The number of carbonyl (C=O) groups is 1. The second-order valence-electron chi connectivity index (χ2n) is 8.68. The van der Waals surface area contributed by atoms with E-state index in [1.165, 1.54) is 6.33 Å². The summed E-state index contributed by atoms with van der Waals surface area (Å²) in [6.07, 6.45) is -0.291. The second-order valence-corrected chi connectivity index (χ2v) is 10.7. The SMILES string of the molecule is Cc1ccc(COP(=O)(COCCn2cnc3c(=O)[nH]c(N)nc32)OCOC(=O)OC(C)C(C)C)cc1. The monoisotopic (exact) mass is 537 g/mol. The molecule has 2 heterocycles. The molecule has 0 radical (unpaired) electrons. The number of aromatic nitrogens is 4. The maximum Gasteiger partial charge on any atom is 0.510 e. The van der Waals surface area contributed by atoms with E-state index in [2.05, 4.69) is 15.0 Å². The Hall–Kier alpha value is -3.25. The zero-order valence-electron chi connectivity index (χ0n) is 21.2. The lowest BCUT2D eigenvalue weighted by molar-refractivity contribution is -0.0269. The smallest absolute Gasteiger partial charge is 0.431 e. The summed E-state index contributed by atoms with van der Waals surface area (Å²) in [4.78, 5) is 34.3. The number of rotatable bonds is 13. The van der Waals surface area contributed by atoms with Crippen LogP contribution in [0.1, 0.15) is 31.9 Å². The van der Waals surface area contributed by atoms with E-state index in [9.17, 15) is 14.2 Å². The van der Waals surface area contributed by atoms with E-state index < -0.39 is 32.5 Å². The van der Waals surface area contributed by atoms with Crippen molar-refractivity contribution < 1.29 is 32.6 Å². The third kappa shape index (κ3) is 8.39. The van der Waals surface area contributed by atoms with Crippen molar-refractivity contribution in [1.82, 2.24) is 19.5 Å². The molecule has 0 spiro atoms. The predicted molar refractivity (Wildman–Crippen MR) is 135 cm³/mol. The molecule has 0 aliphatic rings. The number of imidazole rings is 1. The molecule has 0 amide bonds. The van der Waals surface area contributed by atoms with E-state index in [4.69, 9.17) is 29.0 Å².